The first-order valence-corrected chi connectivity index (χ1v) is 12.8. The molecule has 3 aromatic rings. The van der Waals surface area contributed by atoms with E-state index in [1.807, 2.05) is 48.7 Å². The second-order valence-corrected chi connectivity index (χ2v) is 9.73. The number of hydrogen-bond donors (Lipinski definition) is 1. The van der Waals surface area contributed by atoms with Crippen LogP contribution in [0.25, 0.3) is 11.2 Å². The van der Waals surface area contributed by atoms with Crippen LogP contribution in [0.4, 0.5) is 5.95 Å². The summed E-state index contributed by atoms with van der Waals surface area (Å²) in [6.45, 7) is 8.90. The van der Waals surface area contributed by atoms with Crippen LogP contribution in [0.5, 0.6) is 0 Å². The van der Waals surface area contributed by atoms with E-state index in [1.54, 1.807) is 7.05 Å². The molecule has 36 heavy (non-hydrogen) atoms. The first kappa shape index (κ1) is 25.9. The highest BCUT2D eigenvalue weighted by Crippen LogP contribution is 2.22. The Bertz CT molecular complexity index is 1320. The number of anilines is 1. The number of fused-ring (bicyclic) bond motifs is 1. The molecule has 3 heterocycles. The van der Waals surface area contributed by atoms with E-state index in [2.05, 4.69) is 15.1 Å². The average molecular weight is 514 g/mol. The smallest absolute Gasteiger partial charge is 0.332 e. The van der Waals surface area contributed by atoms with Crippen molar-refractivity contribution in [3.63, 3.8) is 0 Å². The van der Waals surface area contributed by atoms with E-state index < -0.39 is 0 Å². The molecule has 1 aliphatic heterocycles. The van der Waals surface area contributed by atoms with E-state index in [9.17, 15) is 9.59 Å². The first-order chi connectivity index (χ1) is 17.3. The summed E-state index contributed by atoms with van der Waals surface area (Å²) in [6.07, 6.45) is 1.13. The second kappa shape index (κ2) is 11.3. The number of thiocarbonyl (C=S) groups is 1. The molecule has 0 aliphatic carbocycles. The minimum atomic E-state index is -0.386. The standard InChI is InChI=1S/C25H35N7O3S/c1-18(2)35-16-8-11-26-24(36)31-14-12-30(13-15-31)23-27-21-20(22(33)29(4)25(34)28(21)3)32(23)17-19-9-6-5-7-10-19/h5-7,9-10,18H,8,11-17H2,1-4H3,(H,26,36). The molecule has 1 aliphatic rings. The van der Waals surface area contributed by atoms with Gasteiger partial charge in [0.05, 0.1) is 12.6 Å². The van der Waals surface area contributed by atoms with Gasteiger partial charge in [-0.15, -0.1) is 0 Å². The molecule has 0 amide bonds. The lowest BCUT2D eigenvalue weighted by molar-refractivity contribution is 0.0776. The maximum atomic E-state index is 13.2. The maximum Gasteiger partial charge on any atom is 0.332 e. The fourth-order valence-electron chi connectivity index (χ4n) is 4.40. The van der Waals surface area contributed by atoms with E-state index in [0.29, 0.717) is 43.4 Å². The molecule has 1 N–H and O–H groups in total. The number of nitrogens with zero attached hydrogens (tertiary/aromatic N) is 6. The molecule has 0 saturated carbocycles. The highest BCUT2D eigenvalue weighted by molar-refractivity contribution is 7.80. The van der Waals surface area contributed by atoms with Crippen LogP contribution < -0.4 is 21.5 Å². The van der Waals surface area contributed by atoms with Crippen molar-refractivity contribution >= 4 is 34.4 Å². The minimum Gasteiger partial charge on any atom is -0.379 e. The Morgan fingerprint density at radius 2 is 1.78 bits per heavy atom. The van der Waals surface area contributed by atoms with Crippen LogP contribution >= 0.6 is 12.2 Å². The van der Waals surface area contributed by atoms with Crippen molar-refractivity contribution in [2.24, 2.45) is 14.1 Å². The van der Waals surface area contributed by atoms with Crippen LogP contribution in [0.15, 0.2) is 39.9 Å². The van der Waals surface area contributed by atoms with Gasteiger partial charge in [0.2, 0.25) is 5.95 Å². The van der Waals surface area contributed by atoms with Gasteiger partial charge in [-0.05, 0) is 38.0 Å². The van der Waals surface area contributed by atoms with Gasteiger partial charge < -0.3 is 19.9 Å². The number of benzene rings is 1. The Morgan fingerprint density at radius 3 is 2.44 bits per heavy atom. The number of nitrogens with one attached hydrogen (secondary N) is 1. The van der Waals surface area contributed by atoms with Gasteiger partial charge in [0, 0.05) is 53.4 Å². The van der Waals surface area contributed by atoms with Crippen LogP contribution in [0.3, 0.4) is 0 Å². The Labute approximate surface area is 216 Å². The molecule has 1 aromatic carbocycles. The topological polar surface area (TPSA) is 89.6 Å². The Kier molecular flexibility index (Phi) is 8.10. The summed E-state index contributed by atoms with van der Waals surface area (Å²) in [5.74, 6) is 0.691. The quantitative estimate of drug-likeness (QED) is 0.356. The number of piperazine rings is 1. The molecule has 2 aromatic heterocycles. The number of aryl methyl sites for hydroxylation is 1. The van der Waals surface area contributed by atoms with Gasteiger partial charge >= 0.3 is 5.69 Å². The zero-order valence-corrected chi connectivity index (χ0v) is 22.3. The van der Waals surface area contributed by atoms with Gasteiger partial charge in [0.15, 0.2) is 16.3 Å². The number of hydrogen-bond acceptors (Lipinski definition) is 6. The van der Waals surface area contributed by atoms with E-state index in [-0.39, 0.29) is 17.4 Å². The molecule has 1 saturated heterocycles. The molecular formula is C25H35N7O3S. The van der Waals surface area contributed by atoms with Crippen LogP contribution in [0.1, 0.15) is 25.8 Å². The van der Waals surface area contributed by atoms with Crippen LogP contribution in [-0.4, -0.2) is 74.1 Å². The summed E-state index contributed by atoms with van der Waals surface area (Å²) in [6, 6.07) is 9.96. The predicted molar refractivity (Wildman–Crippen MR) is 146 cm³/mol. The van der Waals surface area contributed by atoms with Crippen molar-refractivity contribution in [2.75, 3.05) is 44.2 Å². The number of aromatic nitrogens is 4. The van der Waals surface area contributed by atoms with E-state index in [1.165, 1.54) is 11.6 Å². The van der Waals surface area contributed by atoms with Crippen molar-refractivity contribution in [3.8, 4) is 0 Å². The molecule has 11 heteroatoms. The van der Waals surface area contributed by atoms with E-state index >= 15 is 0 Å². The van der Waals surface area contributed by atoms with E-state index in [0.717, 1.165) is 41.3 Å². The summed E-state index contributed by atoms with van der Waals surface area (Å²) in [5, 5.41) is 4.07. The average Bonchev–Trinajstić information content (AvgIpc) is 3.25. The third-order valence-corrected chi connectivity index (χ3v) is 6.81. The molecule has 1 fully saturated rings. The summed E-state index contributed by atoms with van der Waals surface area (Å²) >= 11 is 5.61. The van der Waals surface area contributed by atoms with Crippen molar-refractivity contribution in [1.29, 1.82) is 0 Å². The van der Waals surface area contributed by atoms with Gasteiger partial charge in [0.1, 0.15) is 0 Å². The van der Waals surface area contributed by atoms with Gasteiger partial charge in [-0.1, -0.05) is 30.3 Å². The Hall–Kier alpha value is -3.18. The molecule has 0 radical (unpaired) electrons. The third kappa shape index (κ3) is 5.46. The Morgan fingerprint density at radius 1 is 1.08 bits per heavy atom. The van der Waals surface area contributed by atoms with Crippen LogP contribution in [0, 0.1) is 0 Å². The van der Waals surface area contributed by atoms with Crippen molar-refractivity contribution in [3.05, 3.63) is 56.7 Å². The molecular weight excluding hydrogens is 478 g/mol. The second-order valence-electron chi connectivity index (χ2n) is 9.34. The lowest BCUT2D eigenvalue weighted by atomic mass is 10.2. The fraction of sp³-hybridized carbons (Fsp3) is 0.520. The molecule has 4 rings (SSSR count). The summed E-state index contributed by atoms with van der Waals surface area (Å²) in [4.78, 5) is 34.9. The lowest BCUT2D eigenvalue weighted by Crippen LogP contribution is -2.52. The molecule has 0 bridgehead atoms. The number of imidazole rings is 1. The highest BCUT2D eigenvalue weighted by Gasteiger charge is 2.26. The maximum absolute atomic E-state index is 13.2. The van der Waals surface area contributed by atoms with E-state index in [4.69, 9.17) is 21.9 Å². The molecule has 10 nitrogen and oxygen atoms in total. The fourth-order valence-corrected chi connectivity index (χ4v) is 4.68. The zero-order chi connectivity index (χ0) is 25.8. The molecule has 0 unspecified atom stereocenters. The van der Waals surface area contributed by atoms with Gasteiger partial charge in [-0.2, -0.15) is 4.98 Å². The highest BCUT2D eigenvalue weighted by atomic mass is 32.1. The lowest BCUT2D eigenvalue weighted by Gasteiger charge is -2.36. The largest absolute Gasteiger partial charge is 0.379 e. The Balaban J connectivity index is 1.54. The predicted octanol–water partition coefficient (Wildman–Crippen LogP) is 1.29. The summed E-state index contributed by atoms with van der Waals surface area (Å²) in [5.41, 5.74) is 1.16. The first-order valence-electron chi connectivity index (χ1n) is 12.4. The summed E-state index contributed by atoms with van der Waals surface area (Å²) in [7, 11) is 3.16. The molecule has 0 atom stereocenters. The van der Waals surface area contributed by atoms with Crippen LogP contribution in [0.2, 0.25) is 0 Å². The minimum absolute atomic E-state index is 0.235. The van der Waals surface area contributed by atoms with Crippen molar-refractivity contribution in [2.45, 2.75) is 32.9 Å². The zero-order valence-electron chi connectivity index (χ0n) is 21.4. The van der Waals surface area contributed by atoms with Crippen molar-refractivity contribution in [1.82, 2.24) is 28.9 Å². The van der Waals surface area contributed by atoms with Gasteiger partial charge in [-0.25, -0.2) is 4.79 Å². The number of rotatable bonds is 8. The van der Waals surface area contributed by atoms with Crippen molar-refractivity contribution < 1.29 is 4.74 Å². The monoisotopic (exact) mass is 513 g/mol. The van der Waals surface area contributed by atoms with Crippen LogP contribution in [-0.2, 0) is 25.4 Å². The molecule has 0 spiro atoms. The third-order valence-electron chi connectivity index (χ3n) is 6.41. The van der Waals surface area contributed by atoms with Gasteiger partial charge in [0.25, 0.3) is 5.56 Å². The molecule has 194 valence electrons. The summed E-state index contributed by atoms with van der Waals surface area (Å²) < 4.78 is 10.1. The normalized spacial score (nSPS) is 14.1. The number of ether oxygens (including phenoxy) is 1. The SMILES string of the molecule is CC(C)OCCCNC(=S)N1CCN(c2nc3c(c(=O)n(C)c(=O)n3C)n2Cc2ccccc2)CC1. The van der Waals surface area contributed by atoms with Gasteiger partial charge in [-0.3, -0.25) is 18.5 Å².